The van der Waals surface area contributed by atoms with E-state index in [4.69, 9.17) is 4.74 Å². The number of Topliss-reactive ketones (excluding diaryl/α,β-unsaturated/α-hetero) is 1. The molecule has 0 aliphatic heterocycles. The number of hydrogen-bond donors (Lipinski definition) is 1. The van der Waals surface area contributed by atoms with E-state index in [1.807, 2.05) is 12.3 Å². The minimum atomic E-state index is 0.321. The Morgan fingerprint density at radius 2 is 2.00 bits per heavy atom. The smallest absolute Gasteiger partial charge is 0.197 e. The van der Waals surface area contributed by atoms with Crippen molar-refractivity contribution >= 4 is 22.3 Å². The van der Waals surface area contributed by atoms with E-state index in [1.165, 1.54) is 16.5 Å². The van der Waals surface area contributed by atoms with Gasteiger partial charge in [-0.15, -0.1) is 0 Å². The summed E-state index contributed by atoms with van der Waals surface area (Å²) in [4.78, 5) is 19.5. The van der Waals surface area contributed by atoms with Crippen LogP contribution in [0.15, 0.2) is 36.8 Å². The number of methoxy groups -OCH3 is 1. The van der Waals surface area contributed by atoms with Crippen molar-refractivity contribution < 1.29 is 9.53 Å². The normalized spacial score (nSPS) is 18.9. The first-order chi connectivity index (χ1) is 15.9. The summed E-state index contributed by atoms with van der Waals surface area (Å²) in [6.45, 7) is 6.21. The SMILES string of the molecule is COc1cc(-c2[nH]c3ccc(C4CCC(CC(C)=O)CC4)cc3c2C(C)C)cn2ncnc12. The minimum Gasteiger partial charge on any atom is -0.493 e. The third-order valence-electron chi connectivity index (χ3n) is 7.18. The standard InChI is InChI=1S/C27H32N4O2/c1-16(2)25-22-12-20(19-7-5-18(6-8-19)11-17(3)32)9-10-23(22)30-26(25)21-13-24(33-4)27-28-15-29-31(27)14-21/h9-10,12-16,18-19,30H,5-8,11H2,1-4H3. The van der Waals surface area contributed by atoms with Crippen molar-refractivity contribution in [2.45, 2.75) is 64.7 Å². The maximum absolute atomic E-state index is 11.5. The van der Waals surface area contributed by atoms with Crippen LogP contribution in [0.3, 0.4) is 0 Å². The highest BCUT2D eigenvalue weighted by Gasteiger charge is 2.25. The van der Waals surface area contributed by atoms with Crippen LogP contribution in [0.5, 0.6) is 5.75 Å². The van der Waals surface area contributed by atoms with Gasteiger partial charge in [-0.05, 0) is 79.7 Å². The zero-order valence-corrected chi connectivity index (χ0v) is 19.9. The van der Waals surface area contributed by atoms with Crippen LogP contribution >= 0.6 is 0 Å². The lowest BCUT2D eigenvalue weighted by molar-refractivity contribution is -0.118. The average molecular weight is 445 g/mol. The summed E-state index contributed by atoms with van der Waals surface area (Å²) in [5.41, 5.74) is 6.75. The fourth-order valence-electron chi connectivity index (χ4n) is 5.60. The van der Waals surface area contributed by atoms with Crippen LogP contribution in [0.2, 0.25) is 0 Å². The molecule has 0 atom stereocenters. The molecule has 0 radical (unpaired) electrons. The van der Waals surface area contributed by atoms with Gasteiger partial charge in [-0.3, -0.25) is 0 Å². The Balaban J connectivity index is 1.53. The van der Waals surface area contributed by atoms with Crippen LogP contribution in [-0.2, 0) is 4.79 Å². The van der Waals surface area contributed by atoms with Crippen molar-refractivity contribution in [1.82, 2.24) is 19.6 Å². The number of hydrogen-bond acceptors (Lipinski definition) is 4. The first-order valence-electron chi connectivity index (χ1n) is 12.0. The summed E-state index contributed by atoms with van der Waals surface area (Å²) in [5.74, 6) is 2.52. The van der Waals surface area contributed by atoms with Gasteiger partial charge in [0, 0.05) is 29.1 Å². The molecule has 3 heterocycles. The molecule has 1 N–H and O–H groups in total. The Bertz CT molecular complexity index is 1310. The summed E-state index contributed by atoms with van der Waals surface area (Å²) in [7, 11) is 1.67. The molecule has 1 saturated carbocycles. The molecule has 33 heavy (non-hydrogen) atoms. The third kappa shape index (κ3) is 4.03. The van der Waals surface area contributed by atoms with E-state index in [0.717, 1.165) is 48.9 Å². The number of aromatic nitrogens is 4. The first-order valence-corrected chi connectivity index (χ1v) is 12.0. The molecule has 6 heteroatoms. The van der Waals surface area contributed by atoms with E-state index < -0.39 is 0 Å². The predicted octanol–water partition coefficient (Wildman–Crippen LogP) is 6.26. The lowest BCUT2D eigenvalue weighted by Gasteiger charge is -2.28. The van der Waals surface area contributed by atoms with Gasteiger partial charge in [-0.25, -0.2) is 9.50 Å². The van der Waals surface area contributed by atoms with E-state index in [2.05, 4.69) is 47.1 Å². The van der Waals surface area contributed by atoms with Gasteiger partial charge >= 0.3 is 0 Å². The summed E-state index contributed by atoms with van der Waals surface area (Å²) in [6, 6.07) is 8.94. The fraction of sp³-hybridized carbons (Fsp3) is 0.444. The van der Waals surface area contributed by atoms with Gasteiger partial charge in [0.05, 0.1) is 12.8 Å². The average Bonchev–Trinajstić information content (AvgIpc) is 3.42. The largest absolute Gasteiger partial charge is 0.493 e. The second kappa shape index (κ2) is 8.65. The van der Waals surface area contributed by atoms with Crippen LogP contribution in [0.25, 0.3) is 27.8 Å². The summed E-state index contributed by atoms with van der Waals surface area (Å²) >= 11 is 0. The van der Waals surface area contributed by atoms with Gasteiger partial charge < -0.3 is 14.5 Å². The van der Waals surface area contributed by atoms with E-state index in [1.54, 1.807) is 24.9 Å². The molecule has 0 amide bonds. The Morgan fingerprint density at radius 1 is 1.21 bits per heavy atom. The zero-order valence-electron chi connectivity index (χ0n) is 19.9. The van der Waals surface area contributed by atoms with E-state index >= 15 is 0 Å². The number of aromatic amines is 1. The maximum atomic E-state index is 11.5. The molecule has 5 rings (SSSR count). The lowest BCUT2D eigenvalue weighted by atomic mass is 9.77. The van der Waals surface area contributed by atoms with Crippen LogP contribution in [0.4, 0.5) is 0 Å². The number of rotatable bonds is 6. The van der Waals surface area contributed by atoms with Crippen molar-refractivity contribution in [2.75, 3.05) is 7.11 Å². The number of carbonyl (C=O) groups is 1. The van der Waals surface area contributed by atoms with Gasteiger partial charge in [0.25, 0.3) is 0 Å². The molecule has 6 nitrogen and oxygen atoms in total. The summed E-state index contributed by atoms with van der Waals surface area (Å²) < 4.78 is 7.37. The molecule has 0 saturated heterocycles. The molecular weight excluding hydrogens is 412 g/mol. The van der Waals surface area contributed by atoms with Crippen LogP contribution in [0.1, 0.15) is 75.8 Å². The number of nitrogens with one attached hydrogen (secondary N) is 1. The number of carbonyl (C=O) groups excluding carboxylic acids is 1. The molecule has 4 aromatic rings. The van der Waals surface area contributed by atoms with Crippen molar-refractivity contribution in [3.8, 4) is 17.0 Å². The summed E-state index contributed by atoms with van der Waals surface area (Å²) in [5, 5.41) is 5.62. The molecule has 1 aliphatic carbocycles. The Kier molecular flexibility index (Phi) is 5.69. The molecule has 1 fully saturated rings. The number of nitrogens with zero attached hydrogens (tertiary/aromatic N) is 3. The molecule has 1 aliphatic rings. The zero-order chi connectivity index (χ0) is 23.1. The van der Waals surface area contributed by atoms with E-state index in [0.29, 0.717) is 34.9 Å². The second-order valence-electron chi connectivity index (χ2n) is 9.82. The Hall–Kier alpha value is -3.15. The highest BCUT2D eigenvalue weighted by molar-refractivity contribution is 5.92. The number of fused-ring (bicyclic) bond motifs is 2. The number of benzene rings is 1. The lowest BCUT2D eigenvalue weighted by Crippen LogP contribution is -2.15. The van der Waals surface area contributed by atoms with Crippen LogP contribution in [0, 0.1) is 5.92 Å². The molecule has 0 bridgehead atoms. The molecule has 1 aromatic carbocycles. The fourth-order valence-corrected chi connectivity index (χ4v) is 5.60. The van der Waals surface area contributed by atoms with E-state index in [-0.39, 0.29) is 0 Å². The van der Waals surface area contributed by atoms with Gasteiger partial charge in [-0.2, -0.15) is 5.10 Å². The second-order valence-corrected chi connectivity index (χ2v) is 9.82. The highest BCUT2D eigenvalue weighted by Crippen LogP contribution is 2.41. The molecule has 0 spiro atoms. The highest BCUT2D eigenvalue weighted by atomic mass is 16.5. The van der Waals surface area contributed by atoms with Crippen molar-refractivity contribution in [1.29, 1.82) is 0 Å². The first kappa shape index (κ1) is 21.7. The molecule has 3 aromatic heterocycles. The predicted molar refractivity (Wildman–Crippen MR) is 131 cm³/mol. The van der Waals surface area contributed by atoms with Crippen molar-refractivity contribution in [3.05, 3.63) is 47.9 Å². The van der Waals surface area contributed by atoms with Crippen LogP contribution in [-0.4, -0.2) is 32.5 Å². The number of pyridine rings is 1. The van der Waals surface area contributed by atoms with Crippen molar-refractivity contribution in [3.63, 3.8) is 0 Å². The third-order valence-corrected chi connectivity index (χ3v) is 7.18. The minimum absolute atomic E-state index is 0.321. The quantitative estimate of drug-likeness (QED) is 0.381. The van der Waals surface area contributed by atoms with Gasteiger partial charge in [0.1, 0.15) is 12.1 Å². The Labute approximate surface area is 194 Å². The molecular formula is C27H32N4O2. The topological polar surface area (TPSA) is 72.3 Å². The number of H-pyrrole nitrogens is 1. The van der Waals surface area contributed by atoms with Crippen LogP contribution < -0.4 is 4.74 Å². The molecule has 0 unspecified atom stereocenters. The number of ketones is 1. The van der Waals surface area contributed by atoms with E-state index in [9.17, 15) is 4.79 Å². The Morgan fingerprint density at radius 3 is 2.70 bits per heavy atom. The molecule has 172 valence electrons. The van der Waals surface area contributed by atoms with Gasteiger partial charge in [0.15, 0.2) is 11.4 Å². The number of ether oxygens (including phenoxy) is 1. The van der Waals surface area contributed by atoms with Gasteiger partial charge in [-0.1, -0.05) is 19.9 Å². The monoisotopic (exact) mass is 444 g/mol. The van der Waals surface area contributed by atoms with Crippen molar-refractivity contribution in [2.24, 2.45) is 5.92 Å². The summed E-state index contributed by atoms with van der Waals surface area (Å²) in [6.07, 6.45) is 8.93. The maximum Gasteiger partial charge on any atom is 0.197 e. The van der Waals surface area contributed by atoms with Gasteiger partial charge in [0.2, 0.25) is 0 Å².